The summed E-state index contributed by atoms with van der Waals surface area (Å²) in [5, 5.41) is 2.94. The summed E-state index contributed by atoms with van der Waals surface area (Å²) in [7, 11) is 0. The van der Waals surface area contributed by atoms with Gasteiger partial charge in [-0.2, -0.15) is 0 Å². The lowest BCUT2D eigenvalue weighted by Gasteiger charge is -2.13. The minimum Gasteiger partial charge on any atom is -0.491 e. The van der Waals surface area contributed by atoms with Crippen LogP contribution < -0.4 is 10.1 Å². The number of ether oxygens (including phenoxy) is 1. The van der Waals surface area contributed by atoms with Crippen LogP contribution in [0.25, 0.3) is 22.6 Å². The second-order valence-electron chi connectivity index (χ2n) is 8.45. The molecule has 0 fully saturated rings. The Morgan fingerprint density at radius 3 is 2.52 bits per heavy atom. The first-order valence-electron chi connectivity index (χ1n) is 11.6. The van der Waals surface area contributed by atoms with E-state index in [0.717, 1.165) is 29.5 Å². The fraction of sp³-hybridized carbons (Fsp3) is 0.286. The Kier molecular flexibility index (Phi) is 6.78. The highest BCUT2D eigenvalue weighted by Gasteiger charge is 2.12. The summed E-state index contributed by atoms with van der Waals surface area (Å²) in [6.07, 6.45) is 2.09. The van der Waals surface area contributed by atoms with Gasteiger partial charge >= 0.3 is 0 Å². The van der Waals surface area contributed by atoms with E-state index < -0.39 is 0 Å². The maximum atomic E-state index is 12.7. The van der Waals surface area contributed by atoms with Gasteiger partial charge in [-0.25, -0.2) is 4.98 Å². The van der Waals surface area contributed by atoms with Crippen LogP contribution in [0.1, 0.15) is 62.4 Å². The number of nitrogens with zero attached hydrogens (tertiary/aromatic N) is 1. The van der Waals surface area contributed by atoms with Crippen molar-refractivity contribution in [2.24, 2.45) is 0 Å². The van der Waals surface area contributed by atoms with Gasteiger partial charge in [0, 0.05) is 16.8 Å². The van der Waals surface area contributed by atoms with Gasteiger partial charge in [0.15, 0.2) is 5.58 Å². The summed E-state index contributed by atoms with van der Waals surface area (Å²) in [5.74, 6) is 1.57. The zero-order valence-electron chi connectivity index (χ0n) is 19.6. The Labute approximate surface area is 194 Å². The third-order valence-corrected chi connectivity index (χ3v) is 5.99. The molecule has 0 aliphatic heterocycles. The highest BCUT2D eigenvalue weighted by molar-refractivity contribution is 6.04. The quantitative estimate of drug-likeness (QED) is 0.308. The number of carbonyl (C=O) groups excluding carboxylic acids is 1. The van der Waals surface area contributed by atoms with Crippen LogP contribution in [-0.4, -0.2) is 17.0 Å². The Bertz CT molecular complexity index is 1240. The van der Waals surface area contributed by atoms with Crippen LogP contribution in [0.3, 0.4) is 0 Å². The van der Waals surface area contributed by atoms with E-state index >= 15 is 0 Å². The summed E-state index contributed by atoms with van der Waals surface area (Å²) >= 11 is 0. The molecular weight excluding hydrogens is 412 g/mol. The summed E-state index contributed by atoms with van der Waals surface area (Å²) in [6, 6.07) is 20.9. The normalized spacial score (nSPS) is 13.0. The largest absolute Gasteiger partial charge is 0.491 e. The molecule has 0 saturated heterocycles. The highest BCUT2D eigenvalue weighted by atomic mass is 16.5. The van der Waals surface area contributed by atoms with Crippen molar-refractivity contribution in [1.82, 2.24) is 4.98 Å². The van der Waals surface area contributed by atoms with Crippen LogP contribution in [0.15, 0.2) is 71.1 Å². The van der Waals surface area contributed by atoms with E-state index in [1.165, 1.54) is 5.56 Å². The molecule has 0 unspecified atom stereocenters. The number of rotatable bonds is 8. The fourth-order valence-corrected chi connectivity index (χ4v) is 3.54. The van der Waals surface area contributed by atoms with Crippen LogP contribution in [-0.2, 0) is 0 Å². The zero-order chi connectivity index (χ0) is 23.4. The predicted octanol–water partition coefficient (Wildman–Crippen LogP) is 7.44. The molecule has 5 heteroatoms. The second-order valence-corrected chi connectivity index (χ2v) is 8.45. The molecule has 0 bridgehead atoms. The molecule has 1 N–H and O–H groups in total. The van der Waals surface area contributed by atoms with Crippen LogP contribution >= 0.6 is 0 Å². The molecule has 4 aromatic rings. The number of amides is 1. The van der Waals surface area contributed by atoms with Gasteiger partial charge < -0.3 is 14.5 Å². The van der Waals surface area contributed by atoms with Crippen LogP contribution in [0, 0.1) is 0 Å². The van der Waals surface area contributed by atoms with E-state index in [1.807, 2.05) is 49.4 Å². The van der Waals surface area contributed by atoms with Crippen molar-refractivity contribution in [3.63, 3.8) is 0 Å². The molecule has 0 aliphatic carbocycles. The number of nitrogens with one attached hydrogen (secondary N) is 1. The van der Waals surface area contributed by atoms with Crippen molar-refractivity contribution in [2.75, 3.05) is 5.32 Å². The van der Waals surface area contributed by atoms with Crippen molar-refractivity contribution in [3.05, 3.63) is 77.9 Å². The summed E-state index contributed by atoms with van der Waals surface area (Å²) in [6.45, 7) is 8.47. The third-order valence-electron chi connectivity index (χ3n) is 5.99. The number of carbonyl (C=O) groups is 1. The Morgan fingerprint density at radius 1 is 1.00 bits per heavy atom. The Morgan fingerprint density at radius 2 is 1.79 bits per heavy atom. The Hall–Kier alpha value is -3.60. The van der Waals surface area contributed by atoms with Gasteiger partial charge in [-0.15, -0.1) is 0 Å². The average molecular weight is 443 g/mol. The first-order chi connectivity index (χ1) is 16.0. The Balaban J connectivity index is 1.47. The number of fused-ring (bicyclic) bond motifs is 1. The van der Waals surface area contributed by atoms with Crippen molar-refractivity contribution >= 4 is 22.7 Å². The molecule has 0 aliphatic rings. The number of aromatic nitrogens is 1. The summed E-state index contributed by atoms with van der Waals surface area (Å²) in [4.78, 5) is 17.4. The highest BCUT2D eigenvalue weighted by Crippen LogP contribution is 2.28. The lowest BCUT2D eigenvalue weighted by atomic mass is 9.98. The number of benzene rings is 3. The van der Waals surface area contributed by atoms with Gasteiger partial charge in [0.05, 0.1) is 6.10 Å². The summed E-state index contributed by atoms with van der Waals surface area (Å²) < 4.78 is 11.8. The van der Waals surface area contributed by atoms with E-state index in [0.29, 0.717) is 28.8 Å². The van der Waals surface area contributed by atoms with Crippen LogP contribution in [0.4, 0.5) is 5.69 Å². The molecule has 1 amide bonds. The molecule has 170 valence electrons. The zero-order valence-corrected chi connectivity index (χ0v) is 19.6. The molecule has 2 atom stereocenters. The first-order valence-corrected chi connectivity index (χ1v) is 11.6. The van der Waals surface area contributed by atoms with Crippen molar-refractivity contribution in [2.45, 2.75) is 52.6 Å². The molecular formula is C28H30N2O3. The number of anilines is 1. The summed E-state index contributed by atoms with van der Waals surface area (Å²) in [5.41, 5.74) is 5.01. The average Bonchev–Trinajstić information content (AvgIpc) is 3.27. The van der Waals surface area contributed by atoms with Crippen molar-refractivity contribution < 1.29 is 13.9 Å². The van der Waals surface area contributed by atoms with Crippen molar-refractivity contribution in [3.8, 4) is 17.2 Å². The smallest absolute Gasteiger partial charge is 0.255 e. The number of oxazole rings is 1. The monoisotopic (exact) mass is 442 g/mol. The van der Waals surface area contributed by atoms with Crippen LogP contribution in [0.2, 0.25) is 0 Å². The molecule has 1 aromatic heterocycles. The van der Waals surface area contributed by atoms with Gasteiger partial charge in [0.1, 0.15) is 11.3 Å². The fourth-order valence-electron chi connectivity index (χ4n) is 3.54. The van der Waals surface area contributed by atoms with Gasteiger partial charge in [-0.3, -0.25) is 4.79 Å². The molecule has 1 heterocycles. The lowest BCUT2D eigenvalue weighted by Crippen LogP contribution is -2.13. The lowest BCUT2D eigenvalue weighted by molar-refractivity contribution is 0.102. The van der Waals surface area contributed by atoms with Gasteiger partial charge in [0.25, 0.3) is 5.91 Å². The molecule has 3 aromatic carbocycles. The molecule has 5 nitrogen and oxygen atoms in total. The molecule has 0 spiro atoms. The first kappa shape index (κ1) is 22.6. The minimum atomic E-state index is -0.184. The molecule has 0 saturated carbocycles. The molecule has 33 heavy (non-hydrogen) atoms. The number of hydrogen-bond donors (Lipinski definition) is 1. The maximum absolute atomic E-state index is 12.7. The molecule has 0 radical (unpaired) electrons. The van der Waals surface area contributed by atoms with Gasteiger partial charge in [0.2, 0.25) is 5.89 Å². The second kappa shape index (κ2) is 9.90. The van der Waals surface area contributed by atoms with Gasteiger partial charge in [-0.1, -0.05) is 32.9 Å². The topological polar surface area (TPSA) is 64.4 Å². The SMILES string of the molecule is CC[C@@H](C)Oc1cccc(C(=O)Nc2ccc(-c3nc4cc([C@@H](C)CC)ccc4o3)cc2)c1. The van der Waals surface area contributed by atoms with E-state index in [4.69, 9.17) is 9.15 Å². The van der Waals surface area contributed by atoms with E-state index in [9.17, 15) is 4.79 Å². The van der Waals surface area contributed by atoms with E-state index in [-0.39, 0.29) is 12.0 Å². The molecule has 4 rings (SSSR count). The van der Waals surface area contributed by atoms with Crippen molar-refractivity contribution in [1.29, 1.82) is 0 Å². The standard InChI is InChI=1S/C28H30N2O3/c1-5-18(3)21-12-15-26-25(17-21)30-28(33-26)20-10-13-23(14-11-20)29-27(31)22-8-7-9-24(16-22)32-19(4)6-2/h7-19H,5-6H2,1-4H3,(H,29,31)/t18-,19+/m0/s1. The van der Waals surface area contributed by atoms with E-state index in [1.54, 1.807) is 12.1 Å². The van der Waals surface area contributed by atoms with E-state index in [2.05, 4.69) is 43.2 Å². The van der Waals surface area contributed by atoms with Crippen LogP contribution in [0.5, 0.6) is 5.75 Å². The van der Waals surface area contributed by atoms with Gasteiger partial charge in [-0.05, 0) is 85.8 Å². The minimum absolute atomic E-state index is 0.101. The third kappa shape index (κ3) is 5.25. The predicted molar refractivity (Wildman–Crippen MR) is 133 cm³/mol. The number of hydrogen-bond acceptors (Lipinski definition) is 4. The maximum Gasteiger partial charge on any atom is 0.255 e.